The maximum Gasteiger partial charge on any atom is 0.242 e. The Morgan fingerprint density at radius 1 is 0.838 bits per heavy atom. The average molecular weight is 538 g/mol. The van der Waals surface area contributed by atoms with E-state index >= 15 is 0 Å². The first-order valence-electron chi connectivity index (χ1n) is 13.1. The fraction of sp³-hybridized carbons (Fsp3) is 0.355. The lowest BCUT2D eigenvalue weighted by molar-refractivity contribution is -0.141. The number of halogens is 2. The molecule has 1 saturated carbocycles. The summed E-state index contributed by atoms with van der Waals surface area (Å²) < 4.78 is 0. The second kappa shape index (κ2) is 13.1. The zero-order valence-corrected chi connectivity index (χ0v) is 22.7. The van der Waals surface area contributed by atoms with Gasteiger partial charge in [0.1, 0.15) is 6.04 Å². The second-order valence-electron chi connectivity index (χ2n) is 9.82. The molecule has 2 amide bonds. The number of nitrogens with zero attached hydrogens (tertiary/aromatic N) is 1. The molecule has 3 aromatic carbocycles. The Labute approximate surface area is 230 Å². The summed E-state index contributed by atoms with van der Waals surface area (Å²) in [4.78, 5) is 29.0. The Morgan fingerprint density at radius 2 is 1.38 bits per heavy atom. The van der Waals surface area contributed by atoms with Gasteiger partial charge in [-0.05, 0) is 43.0 Å². The summed E-state index contributed by atoms with van der Waals surface area (Å²) in [6.07, 6.45) is 5.62. The number of carbonyl (C=O) groups excluding carboxylic acids is 2. The van der Waals surface area contributed by atoms with E-state index in [2.05, 4.69) is 5.32 Å². The first kappa shape index (κ1) is 27.2. The Hall–Kier alpha value is -2.82. The molecule has 4 nitrogen and oxygen atoms in total. The molecule has 4 rings (SSSR count). The molecule has 1 aliphatic carbocycles. The lowest BCUT2D eigenvalue weighted by Gasteiger charge is -2.32. The lowest BCUT2D eigenvalue weighted by atomic mass is 9.88. The smallest absolute Gasteiger partial charge is 0.242 e. The molecular weight excluding hydrogens is 503 g/mol. The van der Waals surface area contributed by atoms with Crippen LogP contribution in [0.5, 0.6) is 0 Å². The Morgan fingerprint density at radius 3 is 1.92 bits per heavy atom. The normalized spacial score (nSPS) is 14.8. The summed E-state index contributed by atoms with van der Waals surface area (Å²) >= 11 is 13.0. The molecule has 0 saturated heterocycles. The van der Waals surface area contributed by atoms with Crippen molar-refractivity contribution in [2.24, 2.45) is 0 Å². The molecular formula is C31H34Cl2N2O2. The molecule has 1 unspecified atom stereocenters. The molecule has 1 aliphatic rings. The van der Waals surface area contributed by atoms with Crippen molar-refractivity contribution in [1.82, 2.24) is 10.2 Å². The van der Waals surface area contributed by atoms with Crippen LogP contribution in [0, 0.1) is 0 Å². The molecule has 0 bridgehead atoms. The molecule has 37 heavy (non-hydrogen) atoms. The molecule has 6 heteroatoms. The summed E-state index contributed by atoms with van der Waals surface area (Å²) in [5, 5.41) is 4.15. The molecule has 1 fully saturated rings. The number of hydrogen-bond donors (Lipinski definition) is 1. The van der Waals surface area contributed by atoms with E-state index in [0.717, 1.165) is 36.8 Å². The Kier molecular flexibility index (Phi) is 9.65. The minimum absolute atomic E-state index is 0.125. The van der Waals surface area contributed by atoms with Crippen LogP contribution in [-0.4, -0.2) is 28.8 Å². The summed E-state index contributed by atoms with van der Waals surface area (Å²) in [6.45, 7) is 1.95. The zero-order chi connectivity index (χ0) is 26.2. The minimum atomic E-state index is -0.672. The van der Waals surface area contributed by atoms with E-state index < -0.39 is 6.04 Å². The molecule has 0 radical (unpaired) electrons. The number of rotatable bonds is 9. The van der Waals surface area contributed by atoms with E-state index in [1.807, 2.05) is 60.7 Å². The van der Waals surface area contributed by atoms with Gasteiger partial charge in [0, 0.05) is 40.5 Å². The van der Waals surface area contributed by atoms with Gasteiger partial charge in [0.05, 0.1) is 0 Å². The lowest BCUT2D eigenvalue weighted by Crippen LogP contribution is -2.50. The number of carbonyl (C=O) groups is 2. The van der Waals surface area contributed by atoms with Crippen LogP contribution in [0.25, 0.3) is 0 Å². The SMILES string of the molecule is CC(C(=O)NC1CCCCC1)N(Cc1c(Cl)cccc1Cl)C(=O)CC(c1ccccc1)c1ccccc1. The summed E-state index contributed by atoms with van der Waals surface area (Å²) in [5.41, 5.74) is 2.75. The zero-order valence-electron chi connectivity index (χ0n) is 21.2. The maximum absolute atomic E-state index is 14.0. The molecule has 0 aromatic heterocycles. The summed E-state index contributed by atoms with van der Waals surface area (Å²) in [5.74, 6) is -0.410. The van der Waals surface area contributed by atoms with Crippen LogP contribution in [0.3, 0.4) is 0 Å². The maximum atomic E-state index is 14.0. The van der Waals surface area contributed by atoms with Gasteiger partial charge < -0.3 is 10.2 Å². The standard InChI is InChI=1S/C31H34Cl2N2O2/c1-22(31(37)34-25-16-9-4-10-17-25)35(21-27-28(32)18-11-19-29(27)33)30(36)20-26(23-12-5-2-6-13-23)24-14-7-3-8-15-24/h2-3,5-8,11-15,18-19,22,25-26H,4,9-10,16-17,20-21H2,1H3,(H,34,37). The molecule has 1 atom stereocenters. The topological polar surface area (TPSA) is 49.4 Å². The average Bonchev–Trinajstić information content (AvgIpc) is 2.92. The van der Waals surface area contributed by atoms with E-state index in [1.165, 1.54) is 6.42 Å². The summed E-state index contributed by atoms with van der Waals surface area (Å²) in [7, 11) is 0. The van der Waals surface area contributed by atoms with Crippen LogP contribution in [0.4, 0.5) is 0 Å². The molecule has 1 N–H and O–H groups in total. The van der Waals surface area contributed by atoms with Crippen LogP contribution in [0.2, 0.25) is 10.0 Å². The molecule has 3 aromatic rings. The Bertz CT molecular complexity index is 1120. The van der Waals surface area contributed by atoms with Crippen LogP contribution < -0.4 is 5.32 Å². The van der Waals surface area contributed by atoms with Crippen molar-refractivity contribution >= 4 is 35.0 Å². The van der Waals surface area contributed by atoms with Crippen molar-refractivity contribution in [3.63, 3.8) is 0 Å². The quantitative estimate of drug-likeness (QED) is 0.310. The highest BCUT2D eigenvalue weighted by Crippen LogP contribution is 2.31. The third-order valence-electron chi connectivity index (χ3n) is 7.29. The minimum Gasteiger partial charge on any atom is -0.352 e. The van der Waals surface area contributed by atoms with Gasteiger partial charge in [-0.25, -0.2) is 0 Å². The first-order valence-corrected chi connectivity index (χ1v) is 13.8. The molecule has 0 spiro atoms. The van der Waals surface area contributed by atoms with Gasteiger partial charge in [-0.1, -0.05) is 109 Å². The van der Waals surface area contributed by atoms with Gasteiger partial charge in [0.2, 0.25) is 11.8 Å². The second-order valence-corrected chi connectivity index (χ2v) is 10.6. The van der Waals surface area contributed by atoms with Gasteiger partial charge >= 0.3 is 0 Å². The third kappa shape index (κ3) is 7.15. The molecule has 194 valence electrons. The largest absolute Gasteiger partial charge is 0.352 e. The van der Waals surface area contributed by atoms with Crippen molar-refractivity contribution in [1.29, 1.82) is 0 Å². The van der Waals surface area contributed by atoms with Gasteiger partial charge in [-0.15, -0.1) is 0 Å². The van der Waals surface area contributed by atoms with Crippen molar-refractivity contribution in [2.75, 3.05) is 0 Å². The van der Waals surface area contributed by atoms with Crippen molar-refractivity contribution < 1.29 is 9.59 Å². The van der Waals surface area contributed by atoms with Crippen molar-refractivity contribution in [2.45, 2.75) is 70.0 Å². The molecule has 0 heterocycles. The van der Waals surface area contributed by atoms with Crippen LogP contribution in [-0.2, 0) is 16.1 Å². The number of nitrogens with one attached hydrogen (secondary N) is 1. The van der Waals surface area contributed by atoms with Gasteiger partial charge in [0.15, 0.2) is 0 Å². The van der Waals surface area contributed by atoms with Gasteiger partial charge in [0.25, 0.3) is 0 Å². The summed E-state index contributed by atoms with van der Waals surface area (Å²) in [6, 6.07) is 24.8. The van der Waals surface area contributed by atoms with E-state index in [1.54, 1.807) is 30.0 Å². The van der Waals surface area contributed by atoms with E-state index in [0.29, 0.717) is 15.6 Å². The highest BCUT2D eigenvalue weighted by molar-refractivity contribution is 6.36. The predicted octanol–water partition coefficient (Wildman–Crippen LogP) is 7.38. The highest BCUT2D eigenvalue weighted by Gasteiger charge is 2.31. The van der Waals surface area contributed by atoms with E-state index in [4.69, 9.17) is 23.2 Å². The highest BCUT2D eigenvalue weighted by atomic mass is 35.5. The first-order chi connectivity index (χ1) is 17.9. The van der Waals surface area contributed by atoms with Gasteiger partial charge in [-0.2, -0.15) is 0 Å². The molecule has 0 aliphatic heterocycles. The van der Waals surface area contributed by atoms with Gasteiger partial charge in [-0.3, -0.25) is 9.59 Å². The van der Waals surface area contributed by atoms with E-state index in [-0.39, 0.29) is 36.7 Å². The predicted molar refractivity (Wildman–Crippen MR) is 151 cm³/mol. The van der Waals surface area contributed by atoms with Crippen molar-refractivity contribution in [3.8, 4) is 0 Å². The number of hydrogen-bond acceptors (Lipinski definition) is 2. The van der Waals surface area contributed by atoms with Crippen LogP contribution in [0.1, 0.15) is 68.1 Å². The fourth-order valence-electron chi connectivity index (χ4n) is 5.10. The number of benzene rings is 3. The number of amides is 2. The van der Waals surface area contributed by atoms with E-state index in [9.17, 15) is 9.59 Å². The fourth-order valence-corrected chi connectivity index (χ4v) is 5.61. The Balaban J connectivity index is 1.62. The van der Waals surface area contributed by atoms with Crippen LogP contribution >= 0.6 is 23.2 Å². The van der Waals surface area contributed by atoms with Crippen LogP contribution in [0.15, 0.2) is 78.9 Å². The van der Waals surface area contributed by atoms with Crippen molar-refractivity contribution in [3.05, 3.63) is 106 Å². The third-order valence-corrected chi connectivity index (χ3v) is 8.00. The monoisotopic (exact) mass is 536 g/mol.